The fourth-order valence-electron chi connectivity index (χ4n) is 3.24. The molecule has 1 aromatic carbocycles. The third kappa shape index (κ3) is 2.88. The first kappa shape index (κ1) is 13.6. The lowest BCUT2D eigenvalue weighted by atomic mass is 9.96. The van der Waals surface area contributed by atoms with Crippen molar-refractivity contribution >= 4 is 5.78 Å². The lowest BCUT2D eigenvalue weighted by molar-refractivity contribution is 0.0883. The molecule has 1 aromatic rings. The predicted octanol–water partition coefficient (Wildman–Crippen LogP) is 2.93. The lowest BCUT2D eigenvalue weighted by Crippen LogP contribution is -2.35. The number of Topliss-reactive ketones (excluding diaryl/α,β-unsaturated/α-hetero) is 1. The van der Waals surface area contributed by atoms with Gasteiger partial charge in [-0.25, -0.2) is 0 Å². The Morgan fingerprint density at radius 3 is 2.90 bits per heavy atom. The summed E-state index contributed by atoms with van der Waals surface area (Å²) in [6.45, 7) is 5.99. The van der Waals surface area contributed by atoms with Gasteiger partial charge in [-0.1, -0.05) is 13.3 Å². The van der Waals surface area contributed by atoms with Gasteiger partial charge in [-0.2, -0.15) is 0 Å². The summed E-state index contributed by atoms with van der Waals surface area (Å²) >= 11 is 0. The molecule has 3 heteroatoms. The summed E-state index contributed by atoms with van der Waals surface area (Å²) in [4.78, 5) is 15.0. The van der Waals surface area contributed by atoms with Crippen LogP contribution >= 0.6 is 0 Å². The molecule has 0 N–H and O–H groups in total. The summed E-state index contributed by atoms with van der Waals surface area (Å²) in [5.74, 6) is 1.30. The summed E-state index contributed by atoms with van der Waals surface area (Å²) < 4.78 is 5.50. The fraction of sp³-hybridized carbons (Fsp3) is 0.588. The van der Waals surface area contributed by atoms with Crippen LogP contribution in [0.4, 0.5) is 0 Å². The second-order valence-corrected chi connectivity index (χ2v) is 6.05. The number of ketones is 1. The minimum absolute atomic E-state index is 0.0773. The van der Waals surface area contributed by atoms with E-state index in [2.05, 4.69) is 11.8 Å². The first-order valence-electron chi connectivity index (χ1n) is 7.76. The van der Waals surface area contributed by atoms with Crippen molar-refractivity contribution in [3.63, 3.8) is 0 Å². The van der Waals surface area contributed by atoms with Gasteiger partial charge in [0.1, 0.15) is 5.75 Å². The Morgan fingerprint density at radius 1 is 1.30 bits per heavy atom. The van der Waals surface area contributed by atoms with E-state index < -0.39 is 0 Å². The highest BCUT2D eigenvalue weighted by molar-refractivity contribution is 5.98. The van der Waals surface area contributed by atoms with Crippen LogP contribution in [0.15, 0.2) is 18.2 Å². The van der Waals surface area contributed by atoms with Gasteiger partial charge in [-0.05, 0) is 49.7 Å². The molecular formula is C17H23NO2. The lowest BCUT2D eigenvalue weighted by Gasteiger charge is -2.28. The van der Waals surface area contributed by atoms with Crippen LogP contribution in [0.1, 0.15) is 42.1 Å². The Kier molecular flexibility index (Phi) is 4.06. The molecular weight excluding hydrogens is 250 g/mol. The first-order chi connectivity index (χ1) is 9.74. The van der Waals surface area contributed by atoms with E-state index in [1.54, 1.807) is 0 Å². The van der Waals surface area contributed by atoms with E-state index in [9.17, 15) is 4.79 Å². The number of rotatable bonds is 4. The smallest absolute Gasteiger partial charge is 0.166 e. The van der Waals surface area contributed by atoms with Crippen LogP contribution in [0.5, 0.6) is 5.75 Å². The van der Waals surface area contributed by atoms with E-state index in [-0.39, 0.29) is 11.7 Å². The van der Waals surface area contributed by atoms with Gasteiger partial charge in [-0.3, -0.25) is 4.79 Å². The monoisotopic (exact) mass is 273 g/mol. The van der Waals surface area contributed by atoms with Gasteiger partial charge in [0, 0.05) is 24.4 Å². The van der Waals surface area contributed by atoms with Gasteiger partial charge in [0.2, 0.25) is 0 Å². The number of hydrogen-bond acceptors (Lipinski definition) is 3. The normalized spacial score (nSPS) is 20.2. The minimum Gasteiger partial charge on any atom is -0.493 e. The molecule has 3 nitrogen and oxygen atoms in total. The fourth-order valence-corrected chi connectivity index (χ4v) is 3.24. The quantitative estimate of drug-likeness (QED) is 0.790. The van der Waals surface area contributed by atoms with Crippen molar-refractivity contribution in [1.29, 1.82) is 0 Å². The summed E-state index contributed by atoms with van der Waals surface area (Å²) in [5.41, 5.74) is 2.03. The molecule has 108 valence electrons. The molecule has 2 aliphatic rings. The molecule has 0 spiro atoms. The highest BCUT2D eigenvalue weighted by Gasteiger charge is 2.21. The van der Waals surface area contributed by atoms with E-state index >= 15 is 0 Å². The Morgan fingerprint density at radius 2 is 2.10 bits per heavy atom. The van der Waals surface area contributed by atoms with Gasteiger partial charge < -0.3 is 9.64 Å². The van der Waals surface area contributed by atoms with Crippen LogP contribution in [0, 0.1) is 5.92 Å². The van der Waals surface area contributed by atoms with Gasteiger partial charge in [-0.15, -0.1) is 0 Å². The zero-order chi connectivity index (χ0) is 13.9. The molecule has 1 saturated heterocycles. The number of benzene rings is 1. The number of nitrogens with zero attached hydrogens (tertiary/aromatic N) is 1. The number of carbonyl (C=O) groups excluding carboxylic acids is 1. The summed E-state index contributed by atoms with van der Waals surface area (Å²) in [5, 5.41) is 0. The Hall–Kier alpha value is -1.35. The van der Waals surface area contributed by atoms with Gasteiger partial charge >= 0.3 is 0 Å². The van der Waals surface area contributed by atoms with Crippen LogP contribution in [0.3, 0.4) is 0 Å². The highest BCUT2D eigenvalue weighted by atomic mass is 16.5. The maximum absolute atomic E-state index is 12.6. The van der Waals surface area contributed by atoms with Crippen molar-refractivity contribution in [2.75, 3.05) is 26.2 Å². The standard InChI is InChI=1S/C17H23NO2/c1-13(12-18-8-3-2-4-9-18)17(19)15-5-6-16-14(11-15)7-10-20-16/h5-6,11,13H,2-4,7-10,12H2,1H3. The minimum atomic E-state index is 0.0773. The molecule has 0 amide bonds. The maximum Gasteiger partial charge on any atom is 0.166 e. The molecule has 0 aliphatic carbocycles. The largest absolute Gasteiger partial charge is 0.493 e. The van der Waals surface area contributed by atoms with Crippen LogP contribution in [-0.2, 0) is 6.42 Å². The van der Waals surface area contributed by atoms with E-state index in [1.165, 1.54) is 24.8 Å². The van der Waals surface area contributed by atoms with Crippen molar-refractivity contribution in [2.45, 2.75) is 32.6 Å². The van der Waals surface area contributed by atoms with E-state index in [4.69, 9.17) is 4.74 Å². The molecule has 2 heterocycles. The van der Waals surface area contributed by atoms with Crippen LogP contribution < -0.4 is 4.74 Å². The first-order valence-corrected chi connectivity index (χ1v) is 7.76. The maximum atomic E-state index is 12.6. The SMILES string of the molecule is CC(CN1CCCCC1)C(=O)c1ccc2c(c1)CCO2. The molecule has 0 aromatic heterocycles. The second kappa shape index (κ2) is 5.96. The molecule has 20 heavy (non-hydrogen) atoms. The third-order valence-electron chi connectivity index (χ3n) is 4.40. The number of ether oxygens (including phenoxy) is 1. The molecule has 0 saturated carbocycles. The zero-order valence-electron chi connectivity index (χ0n) is 12.2. The summed E-state index contributed by atoms with van der Waals surface area (Å²) in [6, 6.07) is 5.89. The summed E-state index contributed by atoms with van der Waals surface area (Å²) in [7, 11) is 0. The van der Waals surface area contributed by atoms with Gasteiger partial charge in [0.15, 0.2) is 5.78 Å². The predicted molar refractivity (Wildman–Crippen MR) is 79.4 cm³/mol. The number of likely N-dealkylation sites (tertiary alicyclic amines) is 1. The van der Waals surface area contributed by atoms with E-state index in [1.807, 2.05) is 18.2 Å². The average Bonchev–Trinajstić information content (AvgIpc) is 2.94. The van der Waals surface area contributed by atoms with E-state index in [0.717, 1.165) is 44.0 Å². The molecule has 0 radical (unpaired) electrons. The number of fused-ring (bicyclic) bond motifs is 1. The molecule has 1 unspecified atom stereocenters. The van der Waals surface area contributed by atoms with Crippen molar-refractivity contribution < 1.29 is 9.53 Å². The third-order valence-corrected chi connectivity index (χ3v) is 4.40. The number of carbonyl (C=O) groups is 1. The Balaban J connectivity index is 1.65. The van der Waals surface area contributed by atoms with Gasteiger partial charge in [0.25, 0.3) is 0 Å². The molecule has 1 fully saturated rings. The van der Waals surface area contributed by atoms with Gasteiger partial charge in [0.05, 0.1) is 6.61 Å². The molecule has 3 rings (SSSR count). The van der Waals surface area contributed by atoms with Crippen LogP contribution in [0.2, 0.25) is 0 Å². The number of hydrogen-bond donors (Lipinski definition) is 0. The molecule has 2 aliphatic heterocycles. The average molecular weight is 273 g/mol. The second-order valence-electron chi connectivity index (χ2n) is 6.05. The zero-order valence-corrected chi connectivity index (χ0v) is 12.2. The van der Waals surface area contributed by atoms with Crippen molar-refractivity contribution in [1.82, 2.24) is 4.90 Å². The Labute approximate surface area is 120 Å². The van der Waals surface area contributed by atoms with Crippen molar-refractivity contribution in [3.05, 3.63) is 29.3 Å². The Bertz CT molecular complexity index is 492. The number of piperidine rings is 1. The highest BCUT2D eigenvalue weighted by Crippen LogP contribution is 2.27. The molecule has 0 bridgehead atoms. The van der Waals surface area contributed by atoms with Crippen LogP contribution in [0.25, 0.3) is 0 Å². The summed E-state index contributed by atoms with van der Waals surface area (Å²) in [6.07, 6.45) is 4.81. The van der Waals surface area contributed by atoms with Crippen molar-refractivity contribution in [2.24, 2.45) is 5.92 Å². The molecule has 1 atom stereocenters. The van der Waals surface area contributed by atoms with E-state index in [0.29, 0.717) is 0 Å². The van der Waals surface area contributed by atoms with Crippen LogP contribution in [-0.4, -0.2) is 36.9 Å². The van der Waals surface area contributed by atoms with Crippen molar-refractivity contribution in [3.8, 4) is 5.75 Å². The topological polar surface area (TPSA) is 29.5 Å².